The lowest BCUT2D eigenvalue weighted by Gasteiger charge is -2.22. The summed E-state index contributed by atoms with van der Waals surface area (Å²) in [4.78, 5) is 40.6. The third-order valence-electron chi connectivity index (χ3n) is 5.07. The number of amides is 2. The molecule has 1 unspecified atom stereocenters. The summed E-state index contributed by atoms with van der Waals surface area (Å²) in [7, 11) is 1.80. The second kappa shape index (κ2) is 12.1. The molecule has 8 nitrogen and oxygen atoms in total. The zero-order valence-electron chi connectivity index (χ0n) is 19.3. The molecule has 4 aromatic rings. The van der Waals surface area contributed by atoms with Crippen molar-refractivity contribution >= 4 is 46.7 Å². The molecular weight excluding hydrogens is 496 g/mol. The van der Waals surface area contributed by atoms with E-state index in [2.05, 4.69) is 25.6 Å². The number of aromatic nitrogens is 3. The summed E-state index contributed by atoms with van der Waals surface area (Å²) < 4.78 is 0. The molecule has 0 bridgehead atoms. The molecule has 2 N–H and O–H groups in total. The minimum absolute atomic E-state index is 0.102. The van der Waals surface area contributed by atoms with E-state index in [9.17, 15) is 9.59 Å². The smallest absolute Gasteiger partial charge is 0.258 e. The summed E-state index contributed by atoms with van der Waals surface area (Å²) in [5.74, 6) is 0.162. The Bertz CT molecular complexity index is 1310. The van der Waals surface area contributed by atoms with Crippen molar-refractivity contribution in [1.82, 2.24) is 20.3 Å². The summed E-state index contributed by atoms with van der Waals surface area (Å²) in [5, 5.41) is 6.46. The highest BCUT2D eigenvalue weighted by Crippen LogP contribution is 2.34. The lowest BCUT2D eigenvalue weighted by atomic mass is 10.2. The second-order valence-electron chi connectivity index (χ2n) is 7.71. The Morgan fingerprint density at radius 3 is 2.42 bits per heavy atom. The van der Waals surface area contributed by atoms with E-state index in [0.29, 0.717) is 27.1 Å². The van der Waals surface area contributed by atoms with Crippen LogP contribution in [0.25, 0.3) is 0 Å². The molecule has 4 rings (SSSR count). The standard InChI is InChI=1S/C26H23ClN6O2S/c1-33(22-6-2-3-13-29-22)17-23(34)32-25(18-11-15-28-16-12-18)36-26-21(5-4-14-30-26)24(35)31-20-9-7-19(27)8-10-20/h2-16,25H,17H2,1H3,(H,31,35)(H,32,34). The third-order valence-corrected chi connectivity index (χ3v) is 6.50. The molecule has 0 saturated heterocycles. The highest BCUT2D eigenvalue weighted by Gasteiger charge is 2.22. The maximum absolute atomic E-state index is 13.1. The van der Waals surface area contributed by atoms with Gasteiger partial charge in [-0.25, -0.2) is 9.97 Å². The molecule has 0 aliphatic heterocycles. The second-order valence-corrected chi connectivity index (χ2v) is 9.24. The van der Waals surface area contributed by atoms with E-state index in [1.165, 1.54) is 11.8 Å². The molecule has 1 atom stereocenters. The minimum atomic E-state index is -0.505. The number of nitrogens with zero attached hydrogens (tertiary/aromatic N) is 4. The topological polar surface area (TPSA) is 100 Å². The van der Waals surface area contributed by atoms with Gasteiger partial charge < -0.3 is 15.5 Å². The van der Waals surface area contributed by atoms with E-state index in [1.54, 1.807) is 73.1 Å². The molecular formula is C26H23ClN6O2S. The number of likely N-dealkylation sites (N-methyl/N-ethyl adjacent to an activating group) is 1. The Morgan fingerprint density at radius 1 is 0.944 bits per heavy atom. The number of benzene rings is 1. The van der Waals surface area contributed by atoms with Gasteiger partial charge in [0.25, 0.3) is 5.91 Å². The van der Waals surface area contributed by atoms with Crippen LogP contribution in [0.4, 0.5) is 11.5 Å². The average Bonchev–Trinajstić information content (AvgIpc) is 2.91. The first-order chi connectivity index (χ1) is 17.5. The summed E-state index contributed by atoms with van der Waals surface area (Å²) in [6, 6.07) is 19.4. The van der Waals surface area contributed by atoms with Crippen LogP contribution in [0.1, 0.15) is 21.3 Å². The maximum Gasteiger partial charge on any atom is 0.258 e. The summed E-state index contributed by atoms with van der Waals surface area (Å²) in [6.07, 6.45) is 6.60. The molecule has 3 heterocycles. The van der Waals surface area contributed by atoms with Crippen LogP contribution < -0.4 is 15.5 Å². The number of hydrogen-bond acceptors (Lipinski definition) is 7. The van der Waals surface area contributed by atoms with Crippen molar-refractivity contribution in [2.75, 3.05) is 23.8 Å². The summed E-state index contributed by atoms with van der Waals surface area (Å²) >= 11 is 7.22. The number of anilines is 2. The first-order valence-electron chi connectivity index (χ1n) is 11.0. The molecule has 0 fully saturated rings. The Morgan fingerprint density at radius 2 is 1.69 bits per heavy atom. The molecule has 0 saturated carbocycles. The SMILES string of the molecule is CN(CC(=O)NC(Sc1ncccc1C(=O)Nc1ccc(Cl)cc1)c1ccncc1)c1ccccn1. The first kappa shape index (κ1) is 25.2. The van der Waals surface area contributed by atoms with Crippen molar-refractivity contribution in [2.45, 2.75) is 10.4 Å². The van der Waals surface area contributed by atoms with E-state index in [-0.39, 0.29) is 18.4 Å². The molecule has 0 aliphatic rings. The number of nitrogens with one attached hydrogen (secondary N) is 2. The minimum Gasteiger partial charge on any atom is -0.350 e. The van der Waals surface area contributed by atoms with E-state index in [1.807, 2.05) is 30.3 Å². The van der Waals surface area contributed by atoms with Crippen molar-refractivity contribution in [1.29, 1.82) is 0 Å². The van der Waals surface area contributed by atoms with Crippen LogP contribution in [0.3, 0.4) is 0 Å². The van der Waals surface area contributed by atoms with Gasteiger partial charge in [0, 0.05) is 42.5 Å². The molecule has 2 amide bonds. The number of thioether (sulfide) groups is 1. The van der Waals surface area contributed by atoms with Crippen LogP contribution in [0.5, 0.6) is 0 Å². The molecule has 182 valence electrons. The highest BCUT2D eigenvalue weighted by molar-refractivity contribution is 7.99. The van der Waals surface area contributed by atoms with Crippen LogP contribution in [-0.4, -0.2) is 40.4 Å². The van der Waals surface area contributed by atoms with Gasteiger partial charge in [-0.3, -0.25) is 14.6 Å². The lowest BCUT2D eigenvalue weighted by molar-refractivity contribution is -0.119. The Labute approximate surface area is 218 Å². The number of rotatable bonds is 9. The molecule has 1 aromatic carbocycles. The molecule has 0 spiro atoms. The normalized spacial score (nSPS) is 11.4. The zero-order chi connectivity index (χ0) is 25.3. The van der Waals surface area contributed by atoms with Gasteiger partial charge in [0.1, 0.15) is 16.2 Å². The molecule has 0 aliphatic carbocycles. The van der Waals surface area contributed by atoms with Crippen molar-refractivity contribution in [3.63, 3.8) is 0 Å². The van der Waals surface area contributed by atoms with Crippen LogP contribution >= 0.6 is 23.4 Å². The largest absolute Gasteiger partial charge is 0.350 e. The fourth-order valence-electron chi connectivity index (χ4n) is 3.29. The summed E-state index contributed by atoms with van der Waals surface area (Å²) in [6.45, 7) is 0.102. The number of hydrogen-bond donors (Lipinski definition) is 2. The van der Waals surface area contributed by atoms with Gasteiger partial charge in [-0.2, -0.15) is 0 Å². The van der Waals surface area contributed by atoms with Crippen molar-refractivity contribution in [3.05, 3.63) is 108 Å². The molecule has 0 radical (unpaired) electrons. The van der Waals surface area contributed by atoms with E-state index < -0.39 is 5.37 Å². The monoisotopic (exact) mass is 518 g/mol. The maximum atomic E-state index is 13.1. The third kappa shape index (κ3) is 6.80. The predicted molar refractivity (Wildman–Crippen MR) is 142 cm³/mol. The fourth-order valence-corrected chi connectivity index (χ4v) is 4.53. The van der Waals surface area contributed by atoms with Gasteiger partial charge in [0.05, 0.1) is 12.1 Å². The molecule has 36 heavy (non-hydrogen) atoms. The van der Waals surface area contributed by atoms with Crippen LogP contribution in [-0.2, 0) is 4.79 Å². The molecule has 10 heteroatoms. The van der Waals surface area contributed by atoms with Gasteiger partial charge in [-0.15, -0.1) is 0 Å². The predicted octanol–water partition coefficient (Wildman–Crippen LogP) is 4.82. The number of pyridine rings is 3. The van der Waals surface area contributed by atoms with E-state index in [4.69, 9.17) is 11.6 Å². The van der Waals surface area contributed by atoms with Crippen LogP contribution in [0.15, 0.2) is 96.5 Å². The van der Waals surface area contributed by atoms with Crippen LogP contribution in [0.2, 0.25) is 5.02 Å². The Balaban J connectivity index is 1.52. The fraction of sp³-hybridized carbons (Fsp3) is 0.115. The molecule has 3 aromatic heterocycles. The van der Waals surface area contributed by atoms with Gasteiger partial charge in [0.2, 0.25) is 5.91 Å². The Hall–Kier alpha value is -3.95. The first-order valence-corrected chi connectivity index (χ1v) is 12.3. The highest BCUT2D eigenvalue weighted by atomic mass is 35.5. The lowest BCUT2D eigenvalue weighted by Crippen LogP contribution is -2.36. The zero-order valence-corrected chi connectivity index (χ0v) is 20.9. The number of carbonyl (C=O) groups excluding carboxylic acids is 2. The van der Waals surface area contributed by atoms with Gasteiger partial charge in [-0.1, -0.05) is 29.4 Å². The van der Waals surface area contributed by atoms with Gasteiger partial charge in [0.15, 0.2) is 0 Å². The quantitative estimate of drug-likeness (QED) is 0.242. The average molecular weight is 519 g/mol. The Kier molecular flexibility index (Phi) is 8.48. The number of halogens is 1. The van der Waals surface area contributed by atoms with Gasteiger partial charge >= 0.3 is 0 Å². The van der Waals surface area contributed by atoms with E-state index >= 15 is 0 Å². The number of carbonyl (C=O) groups is 2. The van der Waals surface area contributed by atoms with Crippen molar-refractivity contribution in [3.8, 4) is 0 Å². The van der Waals surface area contributed by atoms with Crippen LogP contribution in [0, 0.1) is 0 Å². The van der Waals surface area contributed by atoms with Crippen molar-refractivity contribution < 1.29 is 9.59 Å². The summed E-state index contributed by atoms with van der Waals surface area (Å²) in [5.41, 5.74) is 1.82. The van der Waals surface area contributed by atoms with Gasteiger partial charge in [-0.05, 0) is 66.2 Å². The van der Waals surface area contributed by atoms with E-state index in [0.717, 1.165) is 5.56 Å². The van der Waals surface area contributed by atoms with Crippen molar-refractivity contribution in [2.24, 2.45) is 0 Å².